The minimum absolute atomic E-state index is 0.198. The first kappa shape index (κ1) is 12.8. The molecule has 0 aromatic heterocycles. The van der Waals surface area contributed by atoms with Crippen LogP contribution in [-0.4, -0.2) is 34.6 Å². The summed E-state index contributed by atoms with van der Waals surface area (Å²) in [6.45, 7) is 2.57. The Morgan fingerprint density at radius 2 is 2.22 bits per heavy atom. The molecule has 1 aromatic carbocycles. The van der Waals surface area contributed by atoms with Crippen LogP contribution in [0, 0.1) is 5.82 Å². The maximum Gasteiger partial charge on any atom is 0.246 e. The summed E-state index contributed by atoms with van der Waals surface area (Å²) >= 11 is 0. The van der Waals surface area contributed by atoms with Crippen molar-refractivity contribution in [3.8, 4) is 0 Å². The van der Waals surface area contributed by atoms with Crippen molar-refractivity contribution in [2.75, 3.05) is 13.1 Å². The van der Waals surface area contributed by atoms with Crippen LogP contribution in [0.2, 0.25) is 0 Å². The van der Waals surface area contributed by atoms with E-state index in [9.17, 15) is 14.3 Å². The molecule has 1 aromatic rings. The summed E-state index contributed by atoms with van der Waals surface area (Å²) in [6, 6.07) is 6.28. The monoisotopic (exact) mass is 249 g/mol. The highest BCUT2D eigenvalue weighted by molar-refractivity contribution is 5.92. The van der Waals surface area contributed by atoms with Crippen LogP contribution in [0.1, 0.15) is 18.9 Å². The average Bonchev–Trinajstić information content (AvgIpc) is 2.68. The van der Waals surface area contributed by atoms with E-state index in [1.54, 1.807) is 30.0 Å². The third kappa shape index (κ3) is 2.96. The standard InChI is InChI=1S/C14H16FNO2/c1-14(18)8-9-16(10-14)13(17)7-6-11-4-2-3-5-12(11)15/h2-7,18H,8-10H2,1H3/b7-6+. The van der Waals surface area contributed by atoms with Crippen LogP contribution in [0.5, 0.6) is 0 Å². The number of β-amino-alcohol motifs (C(OH)–C–C–N with tert-alkyl or cyclic N) is 1. The Morgan fingerprint density at radius 3 is 2.83 bits per heavy atom. The maximum absolute atomic E-state index is 13.3. The van der Waals surface area contributed by atoms with Crippen LogP contribution < -0.4 is 0 Å². The van der Waals surface area contributed by atoms with Gasteiger partial charge in [-0.1, -0.05) is 18.2 Å². The van der Waals surface area contributed by atoms with Gasteiger partial charge in [0.25, 0.3) is 0 Å². The number of benzene rings is 1. The summed E-state index contributed by atoms with van der Waals surface area (Å²) < 4.78 is 13.3. The molecule has 1 unspecified atom stereocenters. The van der Waals surface area contributed by atoms with Crippen LogP contribution in [0.15, 0.2) is 30.3 Å². The Hall–Kier alpha value is -1.68. The van der Waals surface area contributed by atoms with Gasteiger partial charge in [0, 0.05) is 24.7 Å². The summed E-state index contributed by atoms with van der Waals surface area (Å²) in [4.78, 5) is 13.4. The molecule has 0 bridgehead atoms. The average molecular weight is 249 g/mol. The minimum atomic E-state index is -0.804. The highest BCUT2D eigenvalue weighted by Gasteiger charge is 2.32. The smallest absolute Gasteiger partial charge is 0.246 e. The number of hydrogen-bond donors (Lipinski definition) is 1. The van der Waals surface area contributed by atoms with Crippen molar-refractivity contribution < 1.29 is 14.3 Å². The molecule has 0 spiro atoms. The zero-order valence-electron chi connectivity index (χ0n) is 10.3. The summed E-state index contributed by atoms with van der Waals surface area (Å²) in [5.74, 6) is -0.550. The second-order valence-corrected chi connectivity index (χ2v) is 4.86. The van der Waals surface area contributed by atoms with Crippen LogP contribution >= 0.6 is 0 Å². The van der Waals surface area contributed by atoms with Crippen molar-refractivity contribution in [2.24, 2.45) is 0 Å². The first-order chi connectivity index (χ1) is 8.48. The number of likely N-dealkylation sites (tertiary alicyclic amines) is 1. The number of carbonyl (C=O) groups is 1. The molecule has 1 atom stereocenters. The van der Waals surface area contributed by atoms with Gasteiger partial charge in [-0.05, 0) is 25.5 Å². The molecule has 0 radical (unpaired) electrons. The number of aliphatic hydroxyl groups is 1. The molecule has 1 aliphatic heterocycles. The second kappa shape index (κ2) is 4.90. The van der Waals surface area contributed by atoms with E-state index < -0.39 is 5.60 Å². The van der Waals surface area contributed by atoms with E-state index in [0.717, 1.165) is 0 Å². The van der Waals surface area contributed by atoms with Gasteiger partial charge >= 0.3 is 0 Å². The van der Waals surface area contributed by atoms with E-state index in [0.29, 0.717) is 25.1 Å². The van der Waals surface area contributed by atoms with Gasteiger partial charge in [-0.25, -0.2) is 4.39 Å². The number of rotatable bonds is 2. The first-order valence-corrected chi connectivity index (χ1v) is 5.92. The topological polar surface area (TPSA) is 40.5 Å². The molecule has 1 N–H and O–H groups in total. The molecule has 96 valence electrons. The third-order valence-electron chi connectivity index (χ3n) is 3.07. The van der Waals surface area contributed by atoms with E-state index >= 15 is 0 Å². The highest BCUT2D eigenvalue weighted by atomic mass is 19.1. The van der Waals surface area contributed by atoms with Crippen LogP contribution in [0.3, 0.4) is 0 Å². The Labute approximate surface area is 106 Å². The Kier molecular flexibility index (Phi) is 3.48. The van der Waals surface area contributed by atoms with Gasteiger partial charge in [0.2, 0.25) is 5.91 Å². The number of amides is 1. The van der Waals surface area contributed by atoms with Gasteiger partial charge in [0.05, 0.1) is 5.60 Å². The first-order valence-electron chi connectivity index (χ1n) is 5.92. The van der Waals surface area contributed by atoms with Crippen molar-refractivity contribution in [2.45, 2.75) is 18.9 Å². The van der Waals surface area contributed by atoms with E-state index in [4.69, 9.17) is 0 Å². The molecule has 18 heavy (non-hydrogen) atoms. The van der Waals surface area contributed by atoms with Crippen LogP contribution in [-0.2, 0) is 4.79 Å². The van der Waals surface area contributed by atoms with Gasteiger partial charge in [-0.3, -0.25) is 4.79 Å². The predicted molar refractivity (Wildman–Crippen MR) is 67.3 cm³/mol. The lowest BCUT2D eigenvalue weighted by molar-refractivity contribution is -0.125. The molecule has 4 heteroatoms. The fraction of sp³-hybridized carbons (Fsp3) is 0.357. The summed E-state index contributed by atoms with van der Waals surface area (Å²) in [5, 5.41) is 9.77. The molecular formula is C14H16FNO2. The zero-order valence-corrected chi connectivity index (χ0v) is 10.3. The molecule has 1 fully saturated rings. The van der Waals surface area contributed by atoms with E-state index in [1.165, 1.54) is 18.2 Å². The highest BCUT2D eigenvalue weighted by Crippen LogP contribution is 2.20. The minimum Gasteiger partial charge on any atom is -0.388 e. The number of hydrogen-bond acceptors (Lipinski definition) is 2. The fourth-order valence-electron chi connectivity index (χ4n) is 2.01. The van der Waals surface area contributed by atoms with Crippen molar-refractivity contribution in [3.63, 3.8) is 0 Å². The Bertz CT molecular complexity index is 482. The molecule has 1 aliphatic rings. The quantitative estimate of drug-likeness (QED) is 0.812. The molecule has 1 saturated heterocycles. The van der Waals surface area contributed by atoms with Crippen molar-refractivity contribution >= 4 is 12.0 Å². The fourth-order valence-corrected chi connectivity index (χ4v) is 2.01. The SMILES string of the molecule is CC1(O)CCN(C(=O)/C=C/c2ccccc2F)C1. The van der Waals surface area contributed by atoms with Crippen molar-refractivity contribution in [3.05, 3.63) is 41.7 Å². The van der Waals surface area contributed by atoms with Crippen molar-refractivity contribution in [1.82, 2.24) is 4.90 Å². The number of carbonyl (C=O) groups excluding carboxylic acids is 1. The third-order valence-corrected chi connectivity index (χ3v) is 3.07. The molecular weight excluding hydrogens is 233 g/mol. The summed E-state index contributed by atoms with van der Waals surface area (Å²) in [5.41, 5.74) is -0.418. The van der Waals surface area contributed by atoms with Gasteiger partial charge in [-0.15, -0.1) is 0 Å². The molecule has 0 saturated carbocycles. The van der Waals surface area contributed by atoms with Gasteiger partial charge in [-0.2, -0.15) is 0 Å². The van der Waals surface area contributed by atoms with E-state index in [2.05, 4.69) is 0 Å². The lowest BCUT2D eigenvalue weighted by Crippen LogP contribution is -2.32. The van der Waals surface area contributed by atoms with Crippen LogP contribution in [0.4, 0.5) is 4.39 Å². The largest absolute Gasteiger partial charge is 0.388 e. The second-order valence-electron chi connectivity index (χ2n) is 4.86. The van der Waals surface area contributed by atoms with E-state index in [1.807, 2.05) is 0 Å². The molecule has 0 aliphatic carbocycles. The van der Waals surface area contributed by atoms with Crippen LogP contribution in [0.25, 0.3) is 6.08 Å². The number of halogens is 1. The van der Waals surface area contributed by atoms with E-state index in [-0.39, 0.29) is 11.7 Å². The normalized spacial score (nSPS) is 23.8. The van der Waals surface area contributed by atoms with Gasteiger partial charge in [0.15, 0.2) is 0 Å². The molecule has 2 rings (SSSR count). The van der Waals surface area contributed by atoms with Gasteiger partial charge < -0.3 is 10.0 Å². The predicted octanol–water partition coefficient (Wildman–Crippen LogP) is 1.82. The lowest BCUT2D eigenvalue weighted by atomic mass is 10.1. The maximum atomic E-state index is 13.3. The lowest BCUT2D eigenvalue weighted by Gasteiger charge is -2.17. The Morgan fingerprint density at radius 1 is 1.50 bits per heavy atom. The van der Waals surface area contributed by atoms with Gasteiger partial charge in [0.1, 0.15) is 5.82 Å². The summed E-state index contributed by atoms with van der Waals surface area (Å²) in [6.07, 6.45) is 3.39. The van der Waals surface area contributed by atoms with Crippen molar-refractivity contribution in [1.29, 1.82) is 0 Å². The molecule has 1 heterocycles. The summed E-state index contributed by atoms with van der Waals surface area (Å²) in [7, 11) is 0. The molecule has 3 nitrogen and oxygen atoms in total. The molecule has 1 amide bonds. The Balaban J connectivity index is 2.02. The zero-order chi connectivity index (χ0) is 13.2. The number of nitrogens with zero attached hydrogens (tertiary/aromatic N) is 1.